The maximum absolute atomic E-state index is 13.7. The number of aryl methyl sites for hydroxylation is 1. The number of nitrogens with one attached hydrogen (secondary N) is 1. The number of alkyl halides is 2. The molecule has 0 spiro atoms. The standard InChI is InChI=1S/C24H26F2N4O4/c1-14(31)5-6-15-3-2-4-16-11-29(12-19(15)16)21(32)8-17-7-20(28-22(17)33)23(34)30-13-24(25,26)9-18(30)10-27/h2-4,17-18,20H,5-9,11-13H2,1H3,(H,28,33)/t17-,18-,20-/m0/s1. The van der Waals surface area contributed by atoms with Gasteiger partial charge in [-0.15, -0.1) is 0 Å². The first-order valence-electron chi connectivity index (χ1n) is 11.3. The predicted molar refractivity (Wildman–Crippen MR) is 115 cm³/mol. The summed E-state index contributed by atoms with van der Waals surface area (Å²) >= 11 is 0. The van der Waals surface area contributed by atoms with E-state index in [1.54, 1.807) is 17.9 Å². The molecule has 3 atom stereocenters. The largest absolute Gasteiger partial charge is 0.344 e. The highest BCUT2D eigenvalue weighted by molar-refractivity contribution is 5.94. The normalized spacial score (nSPS) is 25.1. The molecule has 3 heterocycles. The molecule has 2 fully saturated rings. The molecular formula is C24H26F2N4O4. The summed E-state index contributed by atoms with van der Waals surface area (Å²) in [7, 11) is 0. The number of nitrogens with zero attached hydrogens (tertiary/aromatic N) is 3. The molecule has 0 aliphatic carbocycles. The van der Waals surface area contributed by atoms with Gasteiger partial charge in [-0.05, 0) is 36.5 Å². The van der Waals surface area contributed by atoms with Crippen LogP contribution in [0, 0.1) is 17.2 Å². The van der Waals surface area contributed by atoms with Crippen molar-refractivity contribution in [3.05, 3.63) is 34.9 Å². The van der Waals surface area contributed by atoms with Crippen molar-refractivity contribution in [3.63, 3.8) is 0 Å². The molecule has 1 aromatic carbocycles. The second-order valence-electron chi connectivity index (χ2n) is 9.38. The molecular weight excluding hydrogens is 446 g/mol. The Morgan fingerprint density at radius 3 is 2.74 bits per heavy atom. The number of Topliss-reactive ketones (excluding diaryl/α,β-unsaturated/α-hetero) is 1. The number of ketones is 1. The van der Waals surface area contributed by atoms with Crippen LogP contribution in [0.2, 0.25) is 0 Å². The Labute approximate surface area is 195 Å². The van der Waals surface area contributed by atoms with E-state index in [1.807, 2.05) is 18.2 Å². The van der Waals surface area contributed by atoms with Crippen LogP contribution in [0.4, 0.5) is 8.78 Å². The molecule has 1 N–H and O–H groups in total. The van der Waals surface area contributed by atoms with Gasteiger partial charge in [0.2, 0.25) is 17.7 Å². The van der Waals surface area contributed by atoms with E-state index in [2.05, 4.69) is 5.32 Å². The predicted octanol–water partition coefficient (Wildman–Crippen LogP) is 1.70. The number of fused-ring (bicyclic) bond motifs is 1. The minimum absolute atomic E-state index is 0.0221. The zero-order valence-electron chi connectivity index (χ0n) is 18.9. The van der Waals surface area contributed by atoms with E-state index < -0.39 is 48.7 Å². The van der Waals surface area contributed by atoms with Crippen molar-refractivity contribution in [1.29, 1.82) is 5.26 Å². The lowest BCUT2D eigenvalue weighted by Gasteiger charge is -2.22. The van der Waals surface area contributed by atoms with Gasteiger partial charge in [-0.2, -0.15) is 5.26 Å². The zero-order chi connectivity index (χ0) is 24.6. The van der Waals surface area contributed by atoms with Gasteiger partial charge in [-0.3, -0.25) is 14.4 Å². The fourth-order valence-electron chi connectivity index (χ4n) is 5.00. The second kappa shape index (κ2) is 9.12. The first-order valence-corrected chi connectivity index (χ1v) is 11.3. The molecule has 1 aromatic rings. The molecule has 4 rings (SSSR count). The number of hydrogen-bond acceptors (Lipinski definition) is 5. The van der Waals surface area contributed by atoms with Crippen molar-refractivity contribution in [3.8, 4) is 6.07 Å². The summed E-state index contributed by atoms with van der Waals surface area (Å²) in [5, 5.41) is 11.6. The van der Waals surface area contributed by atoms with Crippen LogP contribution < -0.4 is 5.32 Å². The van der Waals surface area contributed by atoms with Crippen LogP contribution in [0.5, 0.6) is 0 Å². The van der Waals surface area contributed by atoms with E-state index in [0.29, 0.717) is 25.9 Å². The third-order valence-electron chi connectivity index (χ3n) is 6.81. The minimum atomic E-state index is -3.14. The summed E-state index contributed by atoms with van der Waals surface area (Å²) in [6.07, 6.45) is 0.243. The molecule has 2 saturated heterocycles. The Hall–Kier alpha value is -3.35. The number of benzene rings is 1. The molecule has 0 unspecified atom stereocenters. The SMILES string of the molecule is CC(=O)CCc1cccc2c1CN(C(=O)C[C@@H]1C[C@@H](C(=O)N3CC(F)(F)C[C@H]3C#N)NC1=O)C2. The number of amides is 3. The van der Waals surface area contributed by atoms with Crippen molar-refractivity contribution in [2.24, 2.45) is 5.92 Å². The topological polar surface area (TPSA) is 111 Å². The Bertz CT molecular complexity index is 1080. The van der Waals surface area contributed by atoms with Crippen LogP contribution in [0.25, 0.3) is 0 Å². The molecule has 8 nitrogen and oxygen atoms in total. The van der Waals surface area contributed by atoms with Gasteiger partial charge in [0.1, 0.15) is 17.9 Å². The van der Waals surface area contributed by atoms with Gasteiger partial charge >= 0.3 is 0 Å². The number of likely N-dealkylation sites (tertiary alicyclic amines) is 1. The van der Waals surface area contributed by atoms with Crippen LogP contribution in [-0.4, -0.2) is 57.9 Å². The van der Waals surface area contributed by atoms with Crippen LogP contribution in [0.3, 0.4) is 0 Å². The van der Waals surface area contributed by atoms with E-state index in [-0.39, 0.29) is 24.5 Å². The van der Waals surface area contributed by atoms with Gasteiger partial charge in [0.25, 0.3) is 5.92 Å². The Balaban J connectivity index is 1.36. The number of nitriles is 1. The molecule has 0 aromatic heterocycles. The van der Waals surface area contributed by atoms with Gasteiger partial charge in [0, 0.05) is 38.3 Å². The van der Waals surface area contributed by atoms with E-state index in [4.69, 9.17) is 5.26 Å². The molecule has 34 heavy (non-hydrogen) atoms. The lowest BCUT2D eigenvalue weighted by Crippen LogP contribution is -2.46. The highest BCUT2D eigenvalue weighted by Crippen LogP contribution is 2.34. The van der Waals surface area contributed by atoms with Crippen LogP contribution in [-0.2, 0) is 38.7 Å². The molecule has 3 aliphatic rings. The number of carbonyl (C=O) groups excluding carboxylic acids is 4. The number of halogens is 2. The van der Waals surface area contributed by atoms with E-state index in [1.165, 1.54) is 0 Å². The lowest BCUT2D eigenvalue weighted by atomic mass is 9.99. The van der Waals surface area contributed by atoms with E-state index >= 15 is 0 Å². The highest BCUT2D eigenvalue weighted by atomic mass is 19.3. The molecule has 0 radical (unpaired) electrons. The summed E-state index contributed by atoms with van der Waals surface area (Å²) in [4.78, 5) is 52.0. The van der Waals surface area contributed by atoms with Crippen molar-refractivity contribution < 1.29 is 28.0 Å². The number of rotatable bonds is 6. The van der Waals surface area contributed by atoms with Gasteiger partial charge < -0.3 is 19.9 Å². The van der Waals surface area contributed by atoms with Crippen molar-refractivity contribution in [2.75, 3.05) is 6.54 Å². The van der Waals surface area contributed by atoms with Gasteiger partial charge in [0.15, 0.2) is 0 Å². The van der Waals surface area contributed by atoms with Gasteiger partial charge in [0.05, 0.1) is 12.6 Å². The smallest absolute Gasteiger partial charge is 0.268 e. The van der Waals surface area contributed by atoms with E-state index in [0.717, 1.165) is 21.6 Å². The molecule has 3 aliphatic heterocycles. The fraction of sp³-hybridized carbons (Fsp3) is 0.542. The first kappa shape index (κ1) is 23.8. The first-order chi connectivity index (χ1) is 16.1. The van der Waals surface area contributed by atoms with Crippen LogP contribution in [0.15, 0.2) is 18.2 Å². The quantitative estimate of drug-likeness (QED) is 0.678. The van der Waals surface area contributed by atoms with Crippen molar-refractivity contribution >= 4 is 23.5 Å². The third kappa shape index (κ3) is 4.79. The maximum Gasteiger partial charge on any atom is 0.268 e. The molecule has 0 saturated carbocycles. The molecule has 0 bridgehead atoms. The highest BCUT2D eigenvalue weighted by Gasteiger charge is 2.50. The monoisotopic (exact) mass is 472 g/mol. The summed E-state index contributed by atoms with van der Waals surface area (Å²) in [5.74, 6) is -5.20. The maximum atomic E-state index is 13.7. The Kier molecular flexibility index (Phi) is 6.39. The lowest BCUT2D eigenvalue weighted by molar-refractivity contribution is -0.135. The third-order valence-corrected chi connectivity index (χ3v) is 6.81. The van der Waals surface area contributed by atoms with E-state index in [9.17, 15) is 28.0 Å². The summed E-state index contributed by atoms with van der Waals surface area (Å²) in [5.41, 5.74) is 3.07. The van der Waals surface area contributed by atoms with Crippen molar-refractivity contribution in [2.45, 2.75) is 70.1 Å². The molecule has 10 heteroatoms. The summed E-state index contributed by atoms with van der Waals surface area (Å²) < 4.78 is 27.4. The number of carbonyl (C=O) groups is 4. The summed E-state index contributed by atoms with van der Waals surface area (Å²) in [6, 6.07) is 5.26. The Morgan fingerprint density at radius 1 is 1.26 bits per heavy atom. The summed E-state index contributed by atoms with van der Waals surface area (Å²) in [6.45, 7) is 1.49. The zero-order valence-corrected chi connectivity index (χ0v) is 18.9. The molecule has 180 valence electrons. The molecule has 3 amide bonds. The average molecular weight is 472 g/mol. The number of hydrogen-bond donors (Lipinski definition) is 1. The van der Waals surface area contributed by atoms with Gasteiger partial charge in [-0.25, -0.2) is 8.78 Å². The fourth-order valence-corrected chi connectivity index (χ4v) is 5.00. The van der Waals surface area contributed by atoms with Crippen LogP contribution >= 0.6 is 0 Å². The van der Waals surface area contributed by atoms with Crippen LogP contribution in [0.1, 0.15) is 49.3 Å². The second-order valence-corrected chi connectivity index (χ2v) is 9.38. The Morgan fingerprint density at radius 2 is 2.03 bits per heavy atom. The van der Waals surface area contributed by atoms with Crippen molar-refractivity contribution in [1.82, 2.24) is 15.1 Å². The minimum Gasteiger partial charge on any atom is -0.344 e. The average Bonchev–Trinajstić information content (AvgIpc) is 3.46. The van der Waals surface area contributed by atoms with Gasteiger partial charge in [-0.1, -0.05) is 18.2 Å².